The molecule has 1 aromatic rings. The van der Waals surface area contributed by atoms with Crippen molar-refractivity contribution in [3.63, 3.8) is 0 Å². The Balaban J connectivity index is 2.86. The Bertz CT molecular complexity index is 462. The number of nitrogens with two attached hydrogens (primary N) is 1. The summed E-state index contributed by atoms with van der Waals surface area (Å²) in [7, 11) is 0. The first kappa shape index (κ1) is 14.6. The second-order valence-corrected chi connectivity index (χ2v) is 4.65. The molecule has 0 fully saturated rings. The van der Waals surface area contributed by atoms with E-state index in [0.717, 1.165) is 6.42 Å². The molecular weight excluding hydrogens is 251 g/mol. The van der Waals surface area contributed by atoms with Crippen LogP contribution in [-0.4, -0.2) is 16.9 Å². The molecule has 5 heteroatoms. The second-order valence-electron chi connectivity index (χ2n) is 4.18. The summed E-state index contributed by atoms with van der Waals surface area (Å²) in [4.78, 5) is 12.3. The third-order valence-electron chi connectivity index (χ3n) is 2.67. The van der Waals surface area contributed by atoms with Crippen LogP contribution in [0.2, 0.25) is 0 Å². The minimum absolute atomic E-state index is 0.249. The molecule has 0 bridgehead atoms. The zero-order chi connectivity index (χ0) is 13.7. The van der Waals surface area contributed by atoms with E-state index in [1.54, 1.807) is 13.0 Å². The number of hydrogen-bond acceptors (Lipinski definition) is 2. The molecule has 1 amide bonds. The van der Waals surface area contributed by atoms with Gasteiger partial charge in [-0.25, -0.2) is 4.39 Å². The molecule has 0 heterocycles. The molecule has 0 aliphatic carbocycles. The maximum absolute atomic E-state index is 13.1. The van der Waals surface area contributed by atoms with Gasteiger partial charge in [0.1, 0.15) is 5.82 Å². The van der Waals surface area contributed by atoms with E-state index < -0.39 is 5.82 Å². The van der Waals surface area contributed by atoms with E-state index in [9.17, 15) is 9.18 Å². The minimum Gasteiger partial charge on any atom is -0.392 e. The number of carbonyl (C=O) groups excluding carboxylic acids is 1. The predicted molar refractivity (Wildman–Crippen MR) is 74.1 cm³/mol. The van der Waals surface area contributed by atoms with Gasteiger partial charge in [-0.15, -0.1) is 0 Å². The van der Waals surface area contributed by atoms with E-state index in [4.69, 9.17) is 18.0 Å². The topological polar surface area (TPSA) is 55.1 Å². The lowest BCUT2D eigenvalue weighted by Crippen LogP contribution is -2.43. The number of aryl methyl sites for hydroxylation is 1. The van der Waals surface area contributed by atoms with Crippen LogP contribution in [0.15, 0.2) is 18.2 Å². The number of halogens is 1. The number of benzene rings is 1. The molecule has 0 aliphatic rings. The molecule has 0 spiro atoms. The van der Waals surface area contributed by atoms with Crippen molar-refractivity contribution < 1.29 is 9.18 Å². The van der Waals surface area contributed by atoms with Crippen molar-refractivity contribution in [2.45, 2.75) is 32.7 Å². The molecule has 1 unspecified atom stereocenters. The van der Waals surface area contributed by atoms with Crippen LogP contribution in [-0.2, 0) is 0 Å². The molecule has 0 aliphatic heterocycles. The van der Waals surface area contributed by atoms with E-state index in [1.807, 2.05) is 6.92 Å². The SMILES string of the molecule is CCCC(NC(=O)c1cc(F)ccc1C)C(N)=S. The molecule has 18 heavy (non-hydrogen) atoms. The summed E-state index contributed by atoms with van der Waals surface area (Å²) in [6.45, 7) is 3.73. The fourth-order valence-electron chi connectivity index (χ4n) is 1.65. The predicted octanol–water partition coefficient (Wildman–Crippen LogP) is 2.32. The molecular formula is C13H17FN2OS. The average molecular weight is 268 g/mol. The van der Waals surface area contributed by atoms with Gasteiger partial charge in [0.25, 0.3) is 5.91 Å². The van der Waals surface area contributed by atoms with Crippen LogP contribution in [0.1, 0.15) is 35.7 Å². The fourth-order valence-corrected chi connectivity index (χ4v) is 1.83. The van der Waals surface area contributed by atoms with Crippen molar-refractivity contribution >= 4 is 23.1 Å². The largest absolute Gasteiger partial charge is 0.392 e. The van der Waals surface area contributed by atoms with Gasteiger partial charge in [0.05, 0.1) is 11.0 Å². The molecule has 1 rings (SSSR count). The fraction of sp³-hybridized carbons (Fsp3) is 0.385. The molecule has 1 aromatic carbocycles. The molecule has 98 valence electrons. The zero-order valence-corrected chi connectivity index (χ0v) is 11.3. The molecule has 0 saturated heterocycles. The summed E-state index contributed by atoms with van der Waals surface area (Å²) in [6, 6.07) is 3.76. The summed E-state index contributed by atoms with van der Waals surface area (Å²) in [5.41, 5.74) is 6.59. The highest BCUT2D eigenvalue weighted by Gasteiger charge is 2.17. The van der Waals surface area contributed by atoms with Gasteiger partial charge in [0, 0.05) is 5.56 Å². The van der Waals surface area contributed by atoms with Crippen molar-refractivity contribution in [3.05, 3.63) is 35.1 Å². The van der Waals surface area contributed by atoms with Crippen LogP contribution >= 0.6 is 12.2 Å². The number of nitrogens with one attached hydrogen (secondary N) is 1. The summed E-state index contributed by atoms with van der Waals surface area (Å²) in [5, 5.41) is 2.73. The van der Waals surface area contributed by atoms with E-state index >= 15 is 0 Å². The third kappa shape index (κ3) is 3.77. The number of carbonyl (C=O) groups is 1. The Kier molecular flexibility index (Phi) is 5.22. The molecule has 3 nitrogen and oxygen atoms in total. The van der Waals surface area contributed by atoms with Gasteiger partial charge in [0.15, 0.2) is 0 Å². The van der Waals surface area contributed by atoms with Gasteiger partial charge in [-0.2, -0.15) is 0 Å². The maximum Gasteiger partial charge on any atom is 0.252 e. The van der Waals surface area contributed by atoms with Crippen LogP contribution in [0.5, 0.6) is 0 Å². The van der Waals surface area contributed by atoms with Crippen molar-refractivity contribution in [3.8, 4) is 0 Å². The average Bonchev–Trinajstić information content (AvgIpc) is 2.31. The monoisotopic (exact) mass is 268 g/mol. The lowest BCUT2D eigenvalue weighted by molar-refractivity contribution is 0.0944. The van der Waals surface area contributed by atoms with Gasteiger partial charge >= 0.3 is 0 Å². The Hall–Kier alpha value is -1.49. The smallest absolute Gasteiger partial charge is 0.252 e. The Morgan fingerprint density at radius 3 is 2.78 bits per heavy atom. The van der Waals surface area contributed by atoms with Gasteiger partial charge in [-0.3, -0.25) is 4.79 Å². The summed E-state index contributed by atoms with van der Waals surface area (Å²) in [5.74, 6) is -0.786. The van der Waals surface area contributed by atoms with Crippen molar-refractivity contribution in [2.24, 2.45) is 5.73 Å². The highest BCUT2D eigenvalue weighted by molar-refractivity contribution is 7.80. The molecule has 3 N–H and O–H groups in total. The molecule has 0 saturated carbocycles. The number of thiocarbonyl (C=S) groups is 1. The highest BCUT2D eigenvalue weighted by atomic mass is 32.1. The molecule has 0 aromatic heterocycles. The lowest BCUT2D eigenvalue weighted by atomic mass is 10.1. The van der Waals surface area contributed by atoms with Gasteiger partial charge in [-0.1, -0.05) is 31.6 Å². The molecule has 0 radical (unpaired) electrons. The maximum atomic E-state index is 13.1. The first-order valence-corrected chi connectivity index (χ1v) is 6.22. The quantitative estimate of drug-likeness (QED) is 0.806. The number of rotatable bonds is 5. The van der Waals surface area contributed by atoms with E-state index in [-0.39, 0.29) is 16.9 Å². The molecule has 1 atom stereocenters. The first-order chi connectivity index (χ1) is 8.45. The van der Waals surface area contributed by atoms with Crippen LogP contribution in [0, 0.1) is 12.7 Å². The Labute approximate surface area is 112 Å². The zero-order valence-electron chi connectivity index (χ0n) is 10.5. The van der Waals surface area contributed by atoms with Gasteiger partial charge in [-0.05, 0) is 31.0 Å². The Morgan fingerprint density at radius 1 is 1.56 bits per heavy atom. The van der Waals surface area contributed by atoms with E-state index in [1.165, 1.54) is 12.1 Å². The van der Waals surface area contributed by atoms with Gasteiger partial charge in [0.2, 0.25) is 0 Å². The normalized spacial score (nSPS) is 11.9. The van der Waals surface area contributed by atoms with Crippen LogP contribution < -0.4 is 11.1 Å². The number of amides is 1. The minimum atomic E-state index is -0.437. The second kappa shape index (κ2) is 6.44. The van der Waals surface area contributed by atoms with E-state index in [0.29, 0.717) is 17.5 Å². The van der Waals surface area contributed by atoms with E-state index in [2.05, 4.69) is 5.32 Å². The summed E-state index contributed by atoms with van der Waals surface area (Å²) < 4.78 is 13.1. The van der Waals surface area contributed by atoms with Crippen molar-refractivity contribution in [1.82, 2.24) is 5.32 Å². The summed E-state index contributed by atoms with van der Waals surface area (Å²) >= 11 is 4.90. The third-order valence-corrected chi connectivity index (χ3v) is 2.95. The van der Waals surface area contributed by atoms with Crippen molar-refractivity contribution in [2.75, 3.05) is 0 Å². The van der Waals surface area contributed by atoms with Gasteiger partial charge < -0.3 is 11.1 Å². The standard InChI is InChI=1S/C13H17FN2OS/c1-3-4-11(12(15)18)16-13(17)10-7-9(14)6-5-8(10)2/h5-7,11H,3-4H2,1-2H3,(H2,15,18)(H,16,17). The van der Waals surface area contributed by atoms with Crippen LogP contribution in [0.3, 0.4) is 0 Å². The highest BCUT2D eigenvalue weighted by Crippen LogP contribution is 2.11. The summed E-state index contributed by atoms with van der Waals surface area (Å²) in [6.07, 6.45) is 1.53. The lowest BCUT2D eigenvalue weighted by Gasteiger charge is -2.17. The number of hydrogen-bond donors (Lipinski definition) is 2. The first-order valence-electron chi connectivity index (χ1n) is 5.82. The van der Waals surface area contributed by atoms with Crippen molar-refractivity contribution in [1.29, 1.82) is 0 Å². The Morgan fingerprint density at radius 2 is 2.22 bits per heavy atom. The van der Waals surface area contributed by atoms with Crippen LogP contribution in [0.25, 0.3) is 0 Å². The van der Waals surface area contributed by atoms with Crippen LogP contribution in [0.4, 0.5) is 4.39 Å².